The van der Waals surface area contributed by atoms with Crippen LogP contribution in [0.5, 0.6) is 0 Å². The monoisotopic (exact) mass is 437 g/mol. The number of carbonyl (C=O) groups is 1. The Bertz CT molecular complexity index is 966. The predicted octanol–water partition coefficient (Wildman–Crippen LogP) is 2.91. The quantitative estimate of drug-likeness (QED) is 0.449. The van der Waals surface area contributed by atoms with Crippen molar-refractivity contribution in [2.24, 2.45) is 0 Å². The van der Waals surface area contributed by atoms with Gasteiger partial charge in [-0.25, -0.2) is 13.8 Å². The minimum absolute atomic E-state index is 0.0495. The molecule has 1 aromatic heterocycles. The number of anilines is 2. The number of rotatable bonds is 9. The molecule has 1 amide bonds. The fraction of sp³-hybridized carbons (Fsp3) is 0.263. The van der Waals surface area contributed by atoms with E-state index in [2.05, 4.69) is 25.9 Å². The fourth-order valence-electron chi connectivity index (χ4n) is 2.25. The molecular weight excluding hydrogens is 416 g/mol. The van der Waals surface area contributed by atoms with Crippen LogP contribution in [-0.2, 0) is 11.3 Å². The van der Waals surface area contributed by atoms with Gasteiger partial charge in [-0.2, -0.15) is 4.98 Å². The Balaban J connectivity index is 2.10. The SMILES string of the molecule is Cc1ccc(F)c(CNc2nc(N/C(C=N)=C/NCC(=O)N(C)C)ncc2Cl)c1F. The third kappa shape index (κ3) is 6.11. The zero-order chi connectivity index (χ0) is 22.3. The van der Waals surface area contributed by atoms with Crippen LogP contribution >= 0.6 is 11.6 Å². The Morgan fingerprint density at radius 3 is 2.73 bits per heavy atom. The van der Waals surface area contributed by atoms with Crippen LogP contribution in [0.25, 0.3) is 0 Å². The van der Waals surface area contributed by atoms with Crippen LogP contribution in [0.1, 0.15) is 11.1 Å². The molecule has 1 heterocycles. The van der Waals surface area contributed by atoms with E-state index in [1.54, 1.807) is 21.0 Å². The van der Waals surface area contributed by atoms with E-state index in [9.17, 15) is 13.6 Å². The lowest BCUT2D eigenvalue weighted by molar-refractivity contribution is -0.127. The summed E-state index contributed by atoms with van der Waals surface area (Å²) in [5, 5.41) is 16.0. The summed E-state index contributed by atoms with van der Waals surface area (Å²) < 4.78 is 28.1. The van der Waals surface area contributed by atoms with Crippen LogP contribution in [0.15, 0.2) is 30.2 Å². The number of carbonyl (C=O) groups excluding carboxylic acids is 1. The van der Waals surface area contributed by atoms with Gasteiger partial charge in [0.2, 0.25) is 11.9 Å². The maximum Gasteiger partial charge on any atom is 0.241 e. The van der Waals surface area contributed by atoms with Crippen molar-refractivity contribution in [3.8, 4) is 0 Å². The van der Waals surface area contributed by atoms with Crippen LogP contribution in [0.3, 0.4) is 0 Å². The third-order valence-electron chi connectivity index (χ3n) is 3.98. The smallest absolute Gasteiger partial charge is 0.241 e. The largest absolute Gasteiger partial charge is 0.380 e. The van der Waals surface area contributed by atoms with Gasteiger partial charge < -0.3 is 26.3 Å². The van der Waals surface area contributed by atoms with Gasteiger partial charge in [-0.05, 0) is 18.6 Å². The number of aryl methyl sites for hydroxylation is 1. The summed E-state index contributed by atoms with van der Waals surface area (Å²) in [6.45, 7) is 1.42. The molecule has 0 radical (unpaired) electrons. The topological polar surface area (TPSA) is 106 Å². The summed E-state index contributed by atoms with van der Waals surface area (Å²) in [5.41, 5.74) is 0.477. The normalized spacial score (nSPS) is 11.1. The first-order valence-corrected chi connectivity index (χ1v) is 9.21. The molecule has 0 saturated heterocycles. The molecule has 30 heavy (non-hydrogen) atoms. The summed E-state index contributed by atoms with van der Waals surface area (Å²) in [7, 11) is 3.27. The summed E-state index contributed by atoms with van der Waals surface area (Å²) in [6.07, 6.45) is 3.75. The van der Waals surface area contributed by atoms with E-state index in [1.807, 2.05) is 0 Å². The number of halogens is 3. The number of amides is 1. The third-order valence-corrected chi connectivity index (χ3v) is 4.25. The van der Waals surface area contributed by atoms with E-state index in [-0.39, 0.29) is 47.0 Å². The summed E-state index contributed by atoms with van der Waals surface area (Å²) in [5.74, 6) is -1.20. The number of benzene rings is 1. The van der Waals surface area contributed by atoms with Gasteiger partial charge in [-0.15, -0.1) is 0 Å². The zero-order valence-electron chi connectivity index (χ0n) is 16.7. The second kappa shape index (κ2) is 10.5. The molecular formula is C19H22ClF2N7O. The van der Waals surface area contributed by atoms with Crippen molar-refractivity contribution in [2.45, 2.75) is 13.5 Å². The first-order valence-electron chi connectivity index (χ1n) is 8.84. The van der Waals surface area contributed by atoms with Crippen molar-refractivity contribution in [1.29, 1.82) is 5.41 Å². The number of aromatic nitrogens is 2. The van der Waals surface area contributed by atoms with Gasteiger partial charge in [-0.3, -0.25) is 4.79 Å². The zero-order valence-corrected chi connectivity index (χ0v) is 17.4. The molecule has 0 saturated carbocycles. The minimum Gasteiger partial charge on any atom is -0.380 e. The van der Waals surface area contributed by atoms with Crippen molar-refractivity contribution in [3.63, 3.8) is 0 Å². The first kappa shape index (κ1) is 23.0. The molecule has 4 N–H and O–H groups in total. The summed E-state index contributed by atoms with van der Waals surface area (Å²) in [4.78, 5) is 21.2. The molecule has 2 rings (SSSR count). The van der Waals surface area contributed by atoms with Gasteiger partial charge in [0.1, 0.15) is 16.7 Å². The molecule has 2 aromatic rings. The highest BCUT2D eigenvalue weighted by atomic mass is 35.5. The van der Waals surface area contributed by atoms with Crippen molar-refractivity contribution in [3.05, 3.63) is 58.0 Å². The molecule has 1 aromatic carbocycles. The highest BCUT2D eigenvalue weighted by Crippen LogP contribution is 2.22. The Morgan fingerprint density at radius 1 is 1.33 bits per heavy atom. The van der Waals surface area contributed by atoms with E-state index in [1.165, 1.54) is 29.4 Å². The van der Waals surface area contributed by atoms with E-state index in [0.717, 1.165) is 6.21 Å². The Hall–Kier alpha value is -3.27. The van der Waals surface area contributed by atoms with E-state index < -0.39 is 11.6 Å². The molecule has 0 aliphatic heterocycles. The van der Waals surface area contributed by atoms with Crippen LogP contribution < -0.4 is 16.0 Å². The number of hydrogen-bond acceptors (Lipinski definition) is 7. The number of likely N-dealkylation sites (N-methyl/N-ethyl adjacent to an activating group) is 1. The molecule has 8 nitrogen and oxygen atoms in total. The summed E-state index contributed by atoms with van der Waals surface area (Å²) >= 11 is 6.08. The van der Waals surface area contributed by atoms with Gasteiger partial charge in [0.15, 0.2) is 5.82 Å². The van der Waals surface area contributed by atoms with Crippen molar-refractivity contribution >= 4 is 35.5 Å². The predicted molar refractivity (Wildman–Crippen MR) is 113 cm³/mol. The highest BCUT2D eigenvalue weighted by Gasteiger charge is 2.13. The maximum absolute atomic E-state index is 14.2. The highest BCUT2D eigenvalue weighted by molar-refractivity contribution is 6.32. The van der Waals surface area contributed by atoms with Crippen LogP contribution in [0.2, 0.25) is 5.02 Å². The number of allylic oxidation sites excluding steroid dienone is 1. The van der Waals surface area contributed by atoms with Gasteiger partial charge in [0.25, 0.3) is 0 Å². The lowest BCUT2D eigenvalue weighted by Gasteiger charge is -2.12. The molecule has 0 aliphatic rings. The van der Waals surface area contributed by atoms with Crippen molar-refractivity contribution in [2.75, 3.05) is 31.3 Å². The van der Waals surface area contributed by atoms with Gasteiger partial charge in [-0.1, -0.05) is 17.7 Å². The van der Waals surface area contributed by atoms with E-state index in [0.29, 0.717) is 5.56 Å². The molecule has 160 valence electrons. The molecule has 0 atom stereocenters. The molecule has 0 aliphatic carbocycles. The average Bonchev–Trinajstić information content (AvgIpc) is 2.71. The Kier molecular flexibility index (Phi) is 8.05. The average molecular weight is 438 g/mol. The molecule has 0 unspecified atom stereocenters. The van der Waals surface area contributed by atoms with Crippen molar-refractivity contribution in [1.82, 2.24) is 20.2 Å². The van der Waals surface area contributed by atoms with Crippen LogP contribution in [0.4, 0.5) is 20.5 Å². The summed E-state index contributed by atoms with van der Waals surface area (Å²) in [6, 6.07) is 2.55. The fourth-order valence-corrected chi connectivity index (χ4v) is 2.41. The lowest BCUT2D eigenvalue weighted by Crippen LogP contribution is -2.31. The van der Waals surface area contributed by atoms with E-state index >= 15 is 0 Å². The molecule has 0 bridgehead atoms. The number of nitrogens with zero attached hydrogens (tertiary/aromatic N) is 3. The standard InChI is InChI=1S/C19H22ClF2N7O/c1-11-4-5-15(21)13(17(11)22)8-25-18-14(20)9-26-19(28-18)27-12(6-23)7-24-10-16(30)29(2)3/h4-7,9,23-24H,8,10H2,1-3H3,(H2,25,26,27,28)/b12-7+,23-6?. The van der Waals surface area contributed by atoms with Crippen LogP contribution in [0, 0.1) is 24.0 Å². The van der Waals surface area contributed by atoms with Gasteiger partial charge in [0, 0.05) is 38.6 Å². The Labute approximate surface area is 177 Å². The molecule has 0 spiro atoms. The minimum atomic E-state index is -0.679. The number of hydrogen-bond donors (Lipinski definition) is 4. The van der Waals surface area contributed by atoms with Gasteiger partial charge >= 0.3 is 0 Å². The molecule has 0 fully saturated rings. The lowest BCUT2D eigenvalue weighted by atomic mass is 10.1. The second-order valence-electron chi connectivity index (χ2n) is 6.44. The maximum atomic E-state index is 14.2. The second-order valence-corrected chi connectivity index (χ2v) is 6.85. The van der Waals surface area contributed by atoms with Gasteiger partial charge in [0.05, 0.1) is 18.4 Å². The van der Waals surface area contributed by atoms with E-state index in [4.69, 9.17) is 17.0 Å². The molecule has 11 heteroatoms. The van der Waals surface area contributed by atoms with Crippen molar-refractivity contribution < 1.29 is 13.6 Å². The Morgan fingerprint density at radius 2 is 2.07 bits per heavy atom. The van der Waals surface area contributed by atoms with Crippen LogP contribution in [-0.4, -0.2) is 47.6 Å². The number of nitrogens with one attached hydrogen (secondary N) is 4. The first-order chi connectivity index (χ1) is 14.2.